The molecule has 0 saturated carbocycles. The monoisotopic (exact) mass is 382 g/mol. The maximum absolute atomic E-state index is 12.1. The molecular weight excluding hydrogens is 360 g/mol. The summed E-state index contributed by atoms with van der Waals surface area (Å²) in [4.78, 5) is 28.4. The summed E-state index contributed by atoms with van der Waals surface area (Å²) in [7, 11) is 1.60. The van der Waals surface area contributed by atoms with Gasteiger partial charge in [0.1, 0.15) is 12.3 Å². The van der Waals surface area contributed by atoms with E-state index in [4.69, 9.17) is 9.26 Å². The van der Waals surface area contributed by atoms with Gasteiger partial charge in [0, 0.05) is 24.4 Å². The molecule has 2 aromatic heterocycles. The molecule has 0 saturated heterocycles. The second-order valence-corrected chi connectivity index (χ2v) is 6.24. The van der Waals surface area contributed by atoms with Crippen LogP contribution in [0, 0.1) is 0 Å². The highest BCUT2D eigenvalue weighted by atomic mass is 16.5. The number of pyridine rings is 1. The van der Waals surface area contributed by atoms with Gasteiger partial charge in [0.15, 0.2) is 0 Å². The minimum Gasteiger partial charge on any atom is -0.497 e. The molecule has 1 aromatic carbocycles. The number of nitrogens with one attached hydrogen (secondary N) is 1. The van der Waals surface area contributed by atoms with Crippen molar-refractivity contribution in [3.8, 4) is 28.6 Å². The van der Waals surface area contributed by atoms with E-state index in [0.717, 1.165) is 24.2 Å². The van der Waals surface area contributed by atoms with Crippen LogP contribution in [0.3, 0.4) is 0 Å². The molecule has 2 heterocycles. The Kier molecular flexibility index (Phi) is 6.21. The Morgan fingerprint density at radius 3 is 2.64 bits per heavy atom. The molecular formula is C20H22N4O4. The summed E-state index contributed by atoms with van der Waals surface area (Å²) in [5.74, 6) is 1.22. The maximum atomic E-state index is 12.1. The van der Waals surface area contributed by atoms with Crippen LogP contribution in [-0.4, -0.2) is 34.3 Å². The minimum absolute atomic E-state index is 0.0597. The van der Waals surface area contributed by atoms with E-state index in [9.17, 15) is 9.59 Å². The Balaban J connectivity index is 1.77. The van der Waals surface area contributed by atoms with Gasteiger partial charge in [-0.1, -0.05) is 18.5 Å². The van der Waals surface area contributed by atoms with E-state index in [2.05, 4.69) is 15.5 Å². The molecule has 0 unspecified atom stereocenters. The summed E-state index contributed by atoms with van der Waals surface area (Å²) in [5, 5.41) is 6.78. The van der Waals surface area contributed by atoms with Crippen molar-refractivity contribution in [2.75, 3.05) is 13.7 Å². The van der Waals surface area contributed by atoms with Crippen LogP contribution in [0.2, 0.25) is 0 Å². The third-order valence-electron chi connectivity index (χ3n) is 4.17. The smallest absolute Gasteiger partial charge is 0.259 e. The summed E-state index contributed by atoms with van der Waals surface area (Å²) in [5.41, 5.74) is 1.07. The normalized spacial score (nSPS) is 10.6. The first kappa shape index (κ1) is 19.3. The molecule has 8 heteroatoms. The lowest BCUT2D eigenvalue weighted by atomic mass is 10.2. The largest absolute Gasteiger partial charge is 0.497 e. The van der Waals surface area contributed by atoms with Crippen LogP contribution in [-0.2, 0) is 11.3 Å². The summed E-state index contributed by atoms with van der Waals surface area (Å²) in [6.07, 6.45) is 3.44. The number of nitrogens with zero attached hydrogens (tertiary/aromatic N) is 3. The molecule has 0 radical (unpaired) electrons. The fraction of sp³-hybridized carbons (Fsp3) is 0.300. The Morgan fingerprint density at radius 1 is 1.18 bits per heavy atom. The van der Waals surface area contributed by atoms with Gasteiger partial charge in [-0.05, 0) is 36.8 Å². The minimum atomic E-state index is -0.274. The fourth-order valence-corrected chi connectivity index (χ4v) is 2.59. The van der Waals surface area contributed by atoms with E-state index in [0.29, 0.717) is 17.9 Å². The molecule has 146 valence electrons. The highest BCUT2D eigenvalue weighted by molar-refractivity contribution is 5.75. The topological polar surface area (TPSA) is 99.2 Å². The van der Waals surface area contributed by atoms with E-state index in [1.807, 2.05) is 31.2 Å². The molecule has 0 aliphatic carbocycles. The van der Waals surface area contributed by atoms with Gasteiger partial charge in [-0.25, -0.2) is 0 Å². The van der Waals surface area contributed by atoms with Gasteiger partial charge in [-0.15, -0.1) is 0 Å². The Morgan fingerprint density at radius 2 is 1.93 bits per heavy atom. The van der Waals surface area contributed by atoms with E-state index in [1.54, 1.807) is 19.4 Å². The van der Waals surface area contributed by atoms with Gasteiger partial charge in [0.05, 0.1) is 12.7 Å². The molecule has 0 fully saturated rings. The predicted octanol–water partition coefficient (Wildman–Crippen LogP) is 2.49. The number of carbonyl (C=O) groups excluding carboxylic acids is 1. The summed E-state index contributed by atoms with van der Waals surface area (Å²) in [6, 6.07) is 10.3. The van der Waals surface area contributed by atoms with Crippen molar-refractivity contribution in [2.45, 2.75) is 26.3 Å². The quantitative estimate of drug-likeness (QED) is 0.601. The number of aromatic nitrogens is 3. The standard InChI is InChI=1S/C20H22N4O4/c1-3-4-11-21-17(25)13-24-12-15(7-10-18(24)26)20-22-19(23-28-20)14-5-8-16(27-2)9-6-14/h5-10,12H,3-4,11,13H2,1-2H3,(H,21,25). The van der Waals surface area contributed by atoms with Gasteiger partial charge < -0.3 is 19.1 Å². The number of benzene rings is 1. The van der Waals surface area contributed by atoms with Crippen LogP contribution in [0.1, 0.15) is 19.8 Å². The molecule has 0 atom stereocenters. The number of rotatable bonds is 8. The van der Waals surface area contributed by atoms with Gasteiger partial charge in [-0.2, -0.15) is 4.98 Å². The van der Waals surface area contributed by atoms with Crippen molar-refractivity contribution in [3.63, 3.8) is 0 Å². The molecule has 0 bridgehead atoms. The summed E-state index contributed by atoms with van der Waals surface area (Å²) in [6.45, 7) is 2.58. The molecule has 0 spiro atoms. The zero-order valence-electron chi connectivity index (χ0n) is 15.8. The van der Waals surface area contributed by atoms with Crippen molar-refractivity contribution in [3.05, 3.63) is 52.9 Å². The van der Waals surface area contributed by atoms with E-state index in [-0.39, 0.29) is 23.9 Å². The molecule has 1 amide bonds. The number of amides is 1. The fourth-order valence-electron chi connectivity index (χ4n) is 2.59. The molecule has 0 aliphatic heterocycles. The third-order valence-corrected chi connectivity index (χ3v) is 4.17. The van der Waals surface area contributed by atoms with Gasteiger partial charge in [0.25, 0.3) is 11.4 Å². The lowest BCUT2D eigenvalue weighted by Gasteiger charge is -2.07. The molecule has 3 rings (SSSR count). The Hall–Kier alpha value is -3.42. The lowest BCUT2D eigenvalue weighted by Crippen LogP contribution is -2.32. The average molecular weight is 382 g/mol. The van der Waals surface area contributed by atoms with Crippen LogP contribution >= 0.6 is 0 Å². The van der Waals surface area contributed by atoms with Gasteiger partial charge >= 0.3 is 0 Å². The lowest BCUT2D eigenvalue weighted by molar-refractivity contribution is -0.121. The molecule has 0 aliphatic rings. The van der Waals surface area contributed by atoms with Gasteiger partial charge in [0.2, 0.25) is 11.7 Å². The SMILES string of the molecule is CCCCNC(=O)Cn1cc(-c2nc(-c3ccc(OC)cc3)no2)ccc1=O. The highest BCUT2D eigenvalue weighted by Crippen LogP contribution is 2.23. The van der Waals surface area contributed by atoms with Gasteiger partial charge in [-0.3, -0.25) is 9.59 Å². The third kappa shape index (κ3) is 4.64. The van der Waals surface area contributed by atoms with Crippen molar-refractivity contribution in [2.24, 2.45) is 0 Å². The predicted molar refractivity (Wildman–Crippen MR) is 104 cm³/mol. The molecule has 3 aromatic rings. The van der Waals surface area contributed by atoms with Crippen molar-refractivity contribution in [1.82, 2.24) is 20.0 Å². The Labute approximate surface area is 162 Å². The number of hydrogen-bond acceptors (Lipinski definition) is 6. The first-order valence-corrected chi connectivity index (χ1v) is 9.06. The second-order valence-electron chi connectivity index (χ2n) is 6.24. The zero-order valence-corrected chi connectivity index (χ0v) is 15.8. The highest BCUT2D eigenvalue weighted by Gasteiger charge is 2.13. The van der Waals surface area contributed by atoms with Crippen LogP contribution in [0.25, 0.3) is 22.8 Å². The van der Waals surface area contributed by atoms with E-state index >= 15 is 0 Å². The van der Waals surface area contributed by atoms with Crippen molar-refractivity contribution in [1.29, 1.82) is 0 Å². The van der Waals surface area contributed by atoms with Crippen LogP contribution in [0.4, 0.5) is 0 Å². The van der Waals surface area contributed by atoms with E-state index in [1.165, 1.54) is 10.6 Å². The Bertz CT molecular complexity index is 992. The van der Waals surface area contributed by atoms with Crippen LogP contribution in [0.15, 0.2) is 51.9 Å². The van der Waals surface area contributed by atoms with E-state index < -0.39 is 0 Å². The molecule has 8 nitrogen and oxygen atoms in total. The van der Waals surface area contributed by atoms with Crippen LogP contribution in [0.5, 0.6) is 5.75 Å². The number of hydrogen-bond donors (Lipinski definition) is 1. The summed E-state index contributed by atoms with van der Waals surface area (Å²) >= 11 is 0. The number of carbonyl (C=O) groups is 1. The van der Waals surface area contributed by atoms with Crippen molar-refractivity contribution >= 4 is 5.91 Å². The van der Waals surface area contributed by atoms with Crippen molar-refractivity contribution < 1.29 is 14.1 Å². The first-order chi connectivity index (χ1) is 13.6. The molecule has 1 N–H and O–H groups in total. The number of ether oxygens (including phenoxy) is 1. The summed E-state index contributed by atoms with van der Waals surface area (Å²) < 4.78 is 11.8. The number of methoxy groups -OCH3 is 1. The zero-order chi connectivity index (χ0) is 19.9. The number of unbranched alkanes of at least 4 members (excludes halogenated alkanes) is 1. The first-order valence-electron chi connectivity index (χ1n) is 9.06. The molecule has 28 heavy (non-hydrogen) atoms. The maximum Gasteiger partial charge on any atom is 0.259 e. The second kappa shape index (κ2) is 8.98. The average Bonchev–Trinajstić information content (AvgIpc) is 3.20. The van der Waals surface area contributed by atoms with Crippen LogP contribution < -0.4 is 15.6 Å².